The third-order valence-electron chi connectivity index (χ3n) is 4.38. The van der Waals surface area contributed by atoms with Crippen molar-refractivity contribution in [1.82, 2.24) is 23.9 Å². The minimum absolute atomic E-state index is 0.153. The van der Waals surface area contributed by atoms with Crippen LogP contribution in [-0.2, 0) is 29.2 Å². The first-order valence-electron chi connectivity index (χ1n) is 8.94. The highest BCUT2D eigenvalue weighted by Crippen LogP contribution is 2.17. The number of aromatic nitrogens is 3. The Balaban J connectivity index is 0.000000370. The summed E-state index contributed by atoms with van der Waals surface area (Å²) < 4.78 is 36.1. The molecule has 0 radical (unpaired) electrons. The Bertz CT molecular complexity index is 815. The lowest BCUT2D eigenvalue weighted by atomic mass is 10.3. The number of aliphatic carboxylic acids is 1. The van der Waals surface area contributed by atoms with Gasteiger partial charge in [-0.25, -0.2) is 9.78 Å². The fourth-order valence-corrected chi connectivity index (χ4v) is 2.83. The molecule has 1 amide bonds. The number of hydrogen-bond acceptors (Lipinski definition) is 4. The van der Waals surface area contributed by atoms with E-state index in [0.717, 1.165) is 38.3 Å². The van der Waals surface area contributed by atoms with E-state index in [2.05, 4.69) is 31.4 Å². The number of carboxylic acids is 1. The van der Waals surface area contributed by atoms with Crippen LogP contribution in [-0.4, -0.2) is 74.3 Å². The van der Waals surface area contributed by atoms with Crippen LogP contribution in [0.5, 0.6) is 0 Å². The van der Waals surface area contributed by atoms with Crippen LogP contribution in [0.2, 0.25) is 0 Å². The zero-order valence-electron chi connectivity index (χ0n) is 16.3. The quantitative estimate of drug-likeness (QED) is 0.821. The van der Waals surface area contributed by atoms with E-state index in [0.29, 0.717) is 6.54 Å². The normalized spacial score (nSPS) is 14.4. The lowest BCUT2D eigenvalue weighted by Crippen LogP contribution is -2.36. The average Bonchev–Trinajstić information content (AvgIpc) is 3.21. The number of halogens is 3. The summed E-state index contributed by atoms with van der Waals surface area (Å²) in [5.41, 5.74) is 2.33. The number of alkyl halides is 3. The number of carbonyl (C=O) groups is 2. The summed E-state index contributed by atoms with van der Waals surface area (Å²) in [5.74, 6) is -2.60. The molecule has 1 aliphatic rings. The van der Waals surface area contributed by atoms with E-state index in [1.165, 1.54) is 5.69 Å². The van der Waals surface area contributed by atoms with Crippen LogP contribution < -0.4 is 0 Å². The molecule has 8 nitrogen and oxygen atoms in total. The average molecular weight is 415 g/mol. The zero-order valence-corrected chi connectivity index (χ0v) is 16.3. The highest BCUT2D eigenvalue weighted by molar-refractivity contribution is 5.77. The van der Waals surface area contributed by atoms with Gasteiger partial charge in [0.05, 0.1) is 30.8 Å². The van der Waals surface area contributed by atoms with Gasteiger partial charge in [0.15, 0.2) is 0 Å². The lowest BCUT2D eigenvalue weighted by Gasteiger charge is -2.21. The van der Waals surface area contributed by atoms with Gasteiger partial charge in [-0.3, -0.25) is 9.69 Å². The van der Waals surface area contributed by atoms with E-state index in [-0.39, 0.29) is 5.91 Å². The number of imidazole rings is 1. The van der Waals surface area contributed by atoms with E-state index >= 15 is 0 Å². The van der Waals surface area contributed by atoms with Crippen molar-refractivity contribution in [2.75, 3.05) is 27.2 Å². The Morgan fingerprint density at radius 1 is 1.21 bits per heavy atom. The van der Waals surface area contributed by atoms with E-state index in [9.17, 15) is 18.0 Å². The summed E-state index contributed by atoms with van der Waals surface area (Å²) >= 11 is 0. The Kier molecular flexibility index (Phi) is 7.43. The van der Waals surface area contributed by atoms with Gasteiger partial charge < -0.3 is 19.1 Å². The zero-order chi connectivity index (χ0) is 21.6. The number of likely N-dealkylation sites (N-methyl/N-ethyl adjacent to an activating group) is 1. The topological polar surface area (TPSA) is 83.6 Å². The summed E-state index contributed by atoms with van der Waals surface area (Å²) in [5, 5.41) is 7.12. The second-order valence-corrected chi connectivity index (χ2v) is 6.84. The molecule has 0 atom stereocenters. The Hall–Kier alpha value is -2.82. The maximum absolute atomic E-state index is 12.0. The molecular formula is C18H24F3N5O3. The molecule has 3 heterocycles. The molecular weight excluding hydrogens is 391 g/mol. The van der Waals surface area contributed by atoms with Gasteiger partial charge in [0, 0.05) is 46.1 Å². The Labute approximate surface area is 166 Å². The van der Waals surface area contributed by atoms with E-state index in [1.807, 2.05) is 32.6 Å². The van der Waals surface area contributed by atoms with Crippen molar-refractivity contribution in [3.63, 3.8) is 0 Å². The maximum Gasteiger partial charge on any atom is 0.490 e. The van der Waals surface area contributed by atoms with Crippen molar-refractivity contribution in [2.45, 2.75) is 32.2 Å². The lowest BCUT2D eigenvalue weighted by molar-refractivity contribution is -0.192. The van der Waals surface area contributed by atoms with Crippen LogP contribution in [0.25, 0.3) is 0 Å². The number of fused-ring (bicyclic) bond motifs is 1. The third kappa shape index (κ3) is 6.63. The van der Waals surface area contributed by atoms with Crippen molar-refractivity contribution in [3.8, 4) is 0 Å². The second kappa shape index (κ2) is 9.59. The minimum atomic E-state index is -5.08. The third-order valence-corrected chi connectivity index (χ3v) is 4.38. The molecule has 2 aromatic heterocycles. The Morgan fingerprint density at radius 2 is 1.83 bits per heavy atom. The summed E-state index contributed by atoms with van der Waals surface area (Å²) in [6.45, 7) is 3.97. The van der Waals surface area contributed by atoms with Crippen LogP contribution in [0, 0.1) is 0 Å². The summed E-state index contributed by atoms with van der Waals surface area (Å²) in [6.07, 6.45) is 2.00. The van der Waals surface area contributed by atoms with Crippen molar-refractivity contribution >= 4 is 11.9 Å². The highest BCUT2D eigenvalue weighted by atomic mass is 19.4. The van der Waals surface area contributed by atoms with Crippen LogP contribution in [0.4, 0.5) is 13.2 Å². The molecule has 11 heteroatoms. The summed E-state index contributed by atoms with van der Waals surface area (Å²) in [7, 11) is 3.61. The molecule has 0 saturated carbocycles. The number of amides is 1. The van der Waals surface area contributed by atoms with Crippen LogP contribution >= 0.6 is 0 Å². The van der Waals surface area contributed by atoms with Crippen molar-refractivity contribution in [3.05, 3.63) is 42.2 Å². The molecule has 29 heavy (non-hydrogen) atoms. The number of aryl methyl sites for hydroxylation is 1. The van der Waals surface area contributed by atoms with Gasteiger partial charge in [0.2, 0.25) is 5.91 Å². The van der Waals surface area contributed by atoms with Crippen LogP contribution in [0.3, 0.4) is 0 Å². The molecule has 1 N–H and O–H groups in total. The molecule has 2 aromatic rings. The number of carbonyl (C=O) groups excluding carboxylic acids is 1. The van der Waals surface area contributed by atoms with Crippen molar-refractivity contribution in [1.29, 1.82) is 0 Å². The fourth-order valence-electron chi connectivity index (χ4n) is 2.83. The largest absolute Gasteiger partial charge is 0.490 e. The minimum Gasteiger partial charge on any atom is -0.475 e. The molecule has 0 fully saturated rings. The first-order valence-corrected chi connectivity index (χ1v) is 8.94. The molecule has 0 aliphatic carbocycles. The SMILES string of the molecule is CN(C)C(=O)CN1CCCn2cnc(Cn3cccc3)c2C1.O=C(O)C(F)(F)F. The van der Waals surface area contributed by atoms with Gasteiger partial charge in [-0.2, -0.15) is 13.2 Å². The van der Waals surface area contributed by atoms with Gasteiger partial charge in [0.1, 0.15) is 0 Å². The van der Waals surface area contributed by atoms with Crippen molar-refractivity contribution < 1.29 is 27.9 Å². The molecule has 0 saturated heterocycles. The highest BCUT2D eigenvalue weighted by Gasteiger charge is 2.38. The van der Waals surface area contributed by atoms with Gasteiger partial charge in [0.25, 0.3) is 0 Å². The van der Waals surface area contributed by atoms with Gasteiger partial charge in [-0.1, -0.05) is 0 Å². The molecule has 160 valence electrons. The van der Waals surface area contributed by atoms with E-state index < -0.39 is 12.1 Å². The predicted molar refractivity (Wildman–Crippen MR) is 98.0 cm³/mol. The molecule has 3 rings (SSSR count). The molecule has 0 unspecified atom stereocenters. The smallest absolute Gasteiger partial charge is 0.475 e. The molecule has 0 bridgehead atoms. The number of rotatable bonds is 4. The monoisotopic (exact) mass is 415 g/mol. The van der Waals surface area contributed by atoms with E-state index in [4.69, 9.17) is 9.90 Å². The molecule has 1 aliphatic heterocycles. The molecule has 0 spiro atoms. The summed E-state index contributed by atoms with van der Waals surface area (Å²) in [4.78, 5) is 29.3. The number of nitrogens with zero attached hydrogens (tertiary/aromatic N) is 5. The standard InChI is InChI=1S/C16H23N5O.C2HF3O2/c1-18(2)16(22)12-20-8-5-9-21-13-17-14(15(21)11-20)10-19-6-3-4-7-19;3-2(4,5)1(6)7/h3-4,6-7,13H,5,8-12H2,1-2H3;(H,6,7). The van der Waals surface area contributed by atoms with Gasteiger partial charge >= 0.3 is 12.1 Å². The van der Waals surface area contributed by atoms with E-state index in [1.54, 1.807) is 4.90 Å². The second-order valence-electron chi connectivity index (χ2n) is 6.84. The summed E-state index contributed by atoms with van der Waals surface area (Å²) in [6, 6.07) is 4.05. The predicted octanol–water partition coefficient (Wildman–Crippen LogP) is 1.66. The van der Waals surface area contributed by atoms with Crippen LogP contribution in [0.15, 0.2) is 30.9 Å². The first kappa shape index (κ1) is 22.5. The number of carboxylic acid groups (broad SMARTS) is 1. The van der Waals surface area contributed by atoms with Crippen LogP contribution in [0.1, 0.15) is 17.8 Å². The first-order chi connectivity index (χ1) is 13.6. The van der Waals surface area contributed by atoms with Gasteiger partial charge in [-0.05, 0) is 18.6 Å². The molecule has 0 aromatic carbocycles. The maximum atomic E-state index is 12.0. The van der Waals surface area contributed by atoms with Gasteiger partial charge in [-0.15, -0.1) is 0 Å². The number of hydrogen-bond donors (Lipinski definition) is 1. The fraction of sp³-hybridized carbons (Fsp3) is 0.500. The Morgan fingerprint density at radius 3 is 2.38 bits per heavy atom. The van der Waals surface area contributed by atoms with Crippen molar-refractivity contribution in [2.24, 2.45) is 0 Å².